The Morgan fingerprint density at radius 1 is 1.39 bits per heavy atom. The first-order valence-electron chi connectivity index (χ1n) is 5.61. The number of methoxy groups -OCH3 is 1. The fourth-order valence-electron chi connectivity index (χ4n) is 1.25. The Morgan fingerprint density at radius 3 is 2.33 bits per heavy atom. The molecule has 0 aromatic rings. The summed E-state index contributed by atoms with van der Waals surface area (Å²) >= 11 is 0. The van der Waals surface area contributed by atoms with Crippen molar-refractivity contribution in [1.29, 1.82) is 0 Å². The summed E-state index contributed by atoms with van der Waals surface area (Å²) in [5, 5.41) is 11.2. The zero-order chi connectivity index (χ0) is 14.3. The van der Waals surface area contributed by atoms with Gasteiger partial charge < -0.3 is 25.6 Å². The normalized spacial score (nSPS) is 14.7. The van der Waals surface area contributed by atoms with E-state index in [1.807, 2.05) is 0 Å². The smallest absolute Gasteiger partial charge is 0.408 e. The molecule has 0 unspecified atom stereocenters. The number of aliphatic carboxylic acids is 1. The van der Waals surface area contributed by atoms with Gasteiger partial charge in [-0.1, -0.05) is 0 Å². The summed E-state index contributed by atoms with van der Waals surface area (Å²) < 4.78 is 9.96. The first kappa shape index (κ1) is 16.7. The van der Waals surface area contributed by atoms with E-state index in [9.17, 15) is 9.59 Å². The Hall–Kier alpha value is -1.34. The van der Waals surface area contributed by atoms with Crippen LogP contribution in [0.5, 0.6) is 0 Å². The Kier molecular flexibility index (Phi) is 6.64. The van der Waals surface area contributed by atoms with E-state index < -0.39 is 29.7 Å². The molecular weight excluding hydrogens is 240 g/mol. The fraction of sp³-hybridized carbons (Fsp3) is 0.818. The molecule has 0 heterocycles. The minimum absolute atomic E-state index is 0.119. The Balaban J connectivity index is 4.43. The molecule has 0 aliphatic rings. The summed E-state index contributed by atoms with van der Waals surface area (Å²) in [4.78, 5) is 22.1. The molecular formula is C11H22N2O5. The molecule has 0 spiro atoms. The molecule has 0 aliphatic carbocycles. The van der Waals surface area contributed by atoms with Gasteiger partial charge in [0.05, 0.1) is 19.1 Å². The van der Waals surface area contributed by atoms with Crippen molar-refractivity contribution in [3.63, 3.8) is 0 Å². The highest BCUT2D eigenvalue weighted by Crippen LogP contribution is 2.07. The average Bonchev–Trinajstić information content (AvgIpc) is 2.12. The first-order valence-corrected chi connectivity index (χ1v) is 5.61. The minimum atomic E-state index is -1.03. The number of nitrogens with one attached hydrogen (secondary N) is 1. The number of amides is 1. The number of carbonyl (C=O) groups excluding carboxylic acids is 1. The van der Waals surface area contributed by atoms with Gasteiger partial charge in [-0.05, 0) is 20.8 Å². The second kappa shape index (κ2) is 7.17. The Morgan fingerprint density at radius 2 is 1.94 bits per heavy atom. The van der Waals surface area contributed by atoms with E-state index in [1.165, 1.54) is 7.11 Å². The van der Waals surface area contributed by atoms with Crippen LogP contribution in [0.2, 0.25) is 0 Å². The van der Waals surface area contributed by atoms with Crippen molar-refractivity contribution in [2.45, 2.75) is 44.9 Å². The lowest BCUT2D eigenvalue weighted by atomic mass is 10.1. The van der Waals surface area contributed by atoms with Crippen LogP contribution in [0.15, 0.2) is 0 Å². The molecule has 0 fully saturated rings. The number of alkyl carbamates (subject to hydrolysis) is 1. The van der Waals surface area contributed by atoms with E-state index in [0.717, 1.165) is 0 Å². The fourth-order valence-corrected chi connectivity index (χ4v) is 1.25. The maximum absolute atomic E-state index is 11.5. The lowest BCUT2D eigenvalue weighted by molar-refractivity contribution is -0.137. The molecule has 0 radical (unpaired) electrons. The van der Waals surface area contributed by atoms with Crippen LogP contribution in [-0.4, -0.2) is 48.6 Å². The summed E-state index contributed by atoms with van der Waals surface area (Å²) in [6, 6.07) is -1.35. The molecule has 0 aromatic carbocycles. The van der Waals surface area contributed by atoms with Crippen LogP contribution in [0.4, 0.5) is 4.79 Å². The zero-order valence-electron chi connectivity index (χ0n) is 11.2. The molecule has 7 nitrogen and oxygen atoms in total. The van der Waals surface area contributed by atoms with Crippen molar-refractivity contribution in [3.05, 3.63) is 0 Å². The number of hydrogen-bond acceptors (Lipinski definition) is 5. The zero-order valence-corrected chi connectivity index (χ0v) is 11.2. The van der Waals surface area contributed by atoms with Gasteiger partial charge in [-0.3, -0.25) is 4.79 Å². The first-order chi connectivity index (χ1) is 8.15. The van der Waals surface area contributed by atoms with Crippen LogP contribution >= 0.6 is 0 Å². The van der Waals surface area contributed by atoms with Gasteiger partial charge in [-0.15, -0.1) is 0 Å². The highest BCUT2D eigenvalue weighted by molar-refractivity contribution is 5.69. The van der Waals surface area contributed by atoms with Gasteiger partial charge >= 0.3 is 12.1 Å². The van der Waals surface area contributed by atoms with Crippen molar-refractivity contribution in [2.24, 2.45) is 5.73 Å². The third-order valence-electron chi connectivity index (χ3n) is 1.98. The third kappa shape index (κ3) is 7.86. The van der Waals surface area contributed by atoms with E-state index in [1.54, 1.807) is 20.8 Å². The third-order valence-corrected chi connectivity index (χ3v) is 1.98. The molecule has 4 N–H and O–H groups in total. The molecule has 0 bridgehead atoms. The van der Waals surface area contributed by atoms with Gasteiger partial charge in [0, 0.05) is 13.2 Å². The van der Waals surface area contributed by atoms with Crippen molar-refractivity contribution in [3.8, 4) is 0 Å². The Labute approximate surface area is 107 Å². The highest BCUT2D eigenvalue weighted by atomic mass is 16.6. The van der Waals surface area contributed by atoms with Crippen molar-refractivity contribution >= 4 is 12.1 Å². The van der Waals surface area contributed by atoms with Gasteiger partial charge in [0.1, 0.15) is 5.60 Å². The van der Waals surface area contributed by atoms with E-state index >= 15 is 0 Å². The van der Waals surface area contributed by atoms with Crippen LogP contribution in [0, 0.1) is 0 Å². The van der Waals surface area contributed by atoms with Crippen molar-refractivity contribution in [2.75, 3.05) is 13.7 Å². The van der Waals surface area contributed by atoms with Gasteiger partial charge in [-0.2, -0.15) is 0 Å². The monoisotopic (exact) mass is 262 g/mol. The highest BCUT2D eigenvalue weighted by Gasteiger charge is 2.25. The summed E-state index contributed by atoms with van der Waals surface area (Å²) in [6.07, 6.45) is -0.908. The number of hydrogen-bond donors (Lipinski definition) is 3. The van der Waals surface area contributed by atoms with Gasteiger partial charge in [0.2, 0.25) is 0 Å². The maximum atomic E-state index is 11.5. The van der Waals surface area contributed by atoms with Crippen LogP contribution in [0.3, 0.4) is 0 Å². The molecule has 1 amide bonds. The molecule has 0 saturated heterocycles. The number of rotatable bonds is 6. The molecule has 18 heavy (non-hydrogen) atoms. The number of carbonyl (C=O) groups is 2. The SMILES string of the molecule is COC[C@@H](NC(=O)OC(C)(C)C)[C@@H](N)CC(=O)O. The second-order valence-electron chi connectivity index (χ2n) is 4.97. The minimum Gasteiger partial charge on any atom is -0.481 e. The number of ether oxygens (including phenoxy) is 2. The number of carboxylic acid groups (broad SMARTS) is 1. The number of carboxylic acids is 1. The standard InChI is InChI=1S/C11H22N2O5/c1-11(2,3)18-10(16)13-8(6-17-4)7(12)5-9(14)15/h7-8H,5-6,12H2,1-4H3,(H,13,16)(H,14,15)/t7-,8+/m0/s1. The number of nitrogens with two attached hydrogens (primary N) is 1. The predicted molar refractivity (Wildman–Crippen MR) is 65.3 cm³/mol. The van der Waals surface area contributed by atoms with E-state index in [4.69, 9.17) is 20.3 Å². The summed E-state index contributed by atoms with van der Waals surface area (Å²) in [7, 11) is 1.44. The molecule has 106 valence electrons. The molecule has 0 rings (SSSR count). The Bertz CT molecular complexity index is 288. The lowest BCUT2D eigenvalue weighted by Gasteiger charge is -2.26. The van der Waals surface area contributed by atoms with Crippen LogP contribution in [0.25, 0.3) is 0 Å². The second-order valence-corrected chi connectivity index (χ2v) is 4.97. The summed E-state index contributed by atoms with van der Waals surface area (Å²) in [6.45, 7) is 5.31. The van der Waals surface area contributed by atoms with Crippen molar-refractivity contribution < 1.29 is 24.2 Å². The molecule has 0 saturated carbocycles. The van der Waals surface area contributed by atoms with E-state index in [0.29, 0.717) is 0 Å². The van der Waals surface area contributed by atoms with Crippen LogP contribution < -0.4 is 11.1 Å². The molecule has 0 aliphatic heterocycles. The maximum Gasteiger partial charge on any atom is 0.408 e. The summed E-state index contributed by atoms with van der Waals surface area (Å²) in [5.74, 6) is -1.03. The molecule has 7 heteroatoms. The largest absolute Gasteiger partial charge is 0.481 e. The average molecular weight is 262 g/mol. The topological polar surface area (TPSA) is 111 Å². The van der Waals surface area contributed by atoms with Gasteiger partial charge in [-0.25, -0.2) is 4.79 Å². The van der Waals surface area contributed by atoms with Gasteiger partial charge in [0.25, 0.3) is 0 Å². The molecule has 2 atom stereocenters. The molecule has 0 aromatic heterocycles. The predicted octanol–water partition coefficient (Wildman–Crippen LogP) is 0.328. The quantitative estimate of drug-likeness (QED) is 0.636. The van der Waals surface area contributed by atoms with E-state index in [-0.39, 0.29) is 13.0 Å². The van der Waals surface area contributed by atoms with Crippen LogP contribution in [0.1, 0.15) is 27.2 Å². The summed E-state index contributed by atoms with van der Waals surface area (Å²) in [5.41, 5.74) is 5.06. The van der Waals surface area contributed by atoms with E-state index in [2.05, 4.69) is 5.32 Å². The lowest BCUT2D eigenvalue weighted by Crippen LogP contribution is -2.52. The van der Waals surface area contributed by atoms with Crippen LogP contribution in [-0.2, 0) is 14.3 Å². The van der Waals surface area contributed by atoms with Crippen molar-refractivity contribution in [1.82, 2.24) is 5.32 Å². The van der Waals surface area contributed by atoms with Gasteiger partial charge in [0.15, 0.2) is 0 Å².